The van der Waals surface area contributed by atoms with Crippen LogP contribution in [0.3, 0.4) is 0 Å². The Labute approximate surface area is 120 Å². The number of nitrogens with one attached hydrogen (secondary N) is 2. The van der Waals surface area contributed by atoms with Crippen molar-refractivity contribution in [2.24, 2.45) is 0 Å². The number of carbonyl (C=O) groups is 2. The number of hydrogen-bond acceptors (Lipinski definition) is 3. The van der Waals surface area contributed by atoms with Crippen LogP contribution in [0, 0.1) is 5.82 Å². The third-order valence-electron chi connectivity index (χ3n) is 3.09. The number of halogens is 1. The van der Waals surface area contributed by atoms with E-state index in [2.05, 4.69) is 15.3 Å². The van der Waals surface area contributed by atoms with Crippen molar-refractivity contribution in [2.75, 3.05) is 6.54 Å². The van der Waals surface area contributed by atoms with Gasteiger partial charge in [-0.1, -0.05) is 6.42 Å². The maximum absolute atomic E-state index is 13.4. The van der Waals surface area contributed by atoms with E-state index in [1.54, 1.807) is 0 Å². The molecule has 3 N–H and O–H groups in total. The van der Waals surface area contributed by atoms with Crippen molar-refractivity contribution in [2.45, 2.75) is 25.7 Å². The molecular formula is C14H16FN3O3. The van der Waals surface area contributed by atoms with Crippen molar-refractivity contribution in [3.05, 3.63) is 29.8 Å². The number of hydrogen-bond donors (Lipinski definition) is 3. The lowest BCUT2D eigenvalue weighted by atomic mass is 10.1. The minimum atomic E-state index is -0.820. The van der Waals surface area contributed by atoms with Crippen molar-refractivity contribution in [1.82, 2.24) is 15.3 Å². The van der Waals surface area contributed by atoms with Gasteiger partial charge in [-0.2, -0.15) is 0 Å². The molecule has 6 nitrogen and oxygen atoms in total. The molecule has 1 aromatic carbocycles. The number of aromatic amines is 1. The van der Waals surface area contributed by atoms with Gasteiger partial charge in [0.15, 0.2) is 0 Å². The topological polar surface area (TPSA) is 95.1 Å². The van der Waals surface area contributed by atoms with E-state index in [-0.39, 0.29) is 17.9 Å². The first-order valence-corrected chi connectivity index (χ1v) is 6.70. The molecule has 0 aliphatic heterocycles. The average Bonchev–Trinajstić information content (AvgIpc) is 2.89. The van der Waals surface area contributed by atoms with Crippen molar-refractivity contribution >= 4 is 22.9 Å². The number of nitrogens with zero attached hydrogens (tertiary/aromatic N) is 1. The Morgan fingerprint density at radius 2 is 2.10 bits per heavy atom. The van der Waals surface area contributed by atoms with E-state index in [9.17, 15) is 14.0 Å². The number of benzene rings is 1. The summed E-state index contributed by atoms with van der Waals surface area (Å²) in [5.74, 6) is -1.71. The van der Waals surface area contributed by atoms with Crippen LogP contribution in [0.2, 0.25) is 0 Å². The lowest BCUT2D eigenvalue weighted by Gasteiger charge is -2.06. The fourth-order valence-corrected chi connectivity index (χ4v) is 2.06. The van der Waals surface area contributed by atoms with Crippen LogP contribution in [0.25, 0.3) is 11.0 Å². The van der Waals surface area contributed by atoms with Gasteiger partial charge >= 0.3 is 5.97 Å². The summed E-state index contributed by atoms with van der Waals surface area (Å²) in [6.07, 6.45) is 3.51. The first-order chi connectivity index (χ1) is 10.1. The third-order valence-corrected chi connectivity index (χ3v) is 3.09. The number of aliphatic carboxylic acids is 1. The Balaban J connectivity index is 1.88. The third kappa shape index (κ3) is 4.01. The number of H-pyrrole nitrogens is 1. The van der Waals surface area contributed by atoms with Gasteiger partial charge in [0.2, 0.25) is 0 Å². The molecule has 2 rings (SSSR count). The van der Waals surface area contributed by atoms with Crippen molar-refractivity contribution in [1.29, 1.82) is 0 Å². The SMILES string of the molecule is O=C(O)CCCCCNC(=O)c1cc(F)cc2[nH]cnc12. The largest absolute Gasteiger partial charge is 0.481 e. The number of aromatic nitrogens is 2. The summed E-state index contributed by atoms with van der Waals surface area (Å²) in [4.78, 5) is 29.1. The Hall–Kier alpha value is -2.44. The molecule has 1 heterocycles. The predicted molar refractivity (Wildman–Crippen MR) is 74.5 cm³/mol. The number of unbranched alkanes of at least 4 members (excludes halogenated alkanes) is 2. The summed E-state index contributed by atoms with van der Waals surface area (Å²) in [5, 5.41) is 11.2. The second kappa shape index (κ2) is 6.83. The molecule has 0 saturated heterocycles. The number of imidazole rings is 1. The van der Waals surface area contributed by atoms with Crippen LogP contribution in [0.15, 0.2) is 18.5 Å². The summed E-state index contributed by atoms with van der Waals surface area (Å²) in [5.41, 5.74) is 1.10. The Bertz CT molecular complexity index is 654. The molecule has 7 heteroatoms. The fourth-order valence-electron chi connectivity index (χ4n) is 2.06. The number of carboxylic acids is 1. The lowest BCUT2D eigenvalue weighted by Crippen LogP contribution is -2.24. The predicted octanol–water partition coefficient (Wildman–Crippen LogP) is 2.08. The molecule has 0 atom stereocenters. The van der Waals surface area contributed by atoms with Crippen molar-refractivity contribution < 1.29 is 19.1 Å². The van der Waals surface area contributed by atoms with E-state index >= 15 is 0 Å². The van der Waals surface area contributed by atoms with Crippen LogP contribution < -0.4 is 5.32 Å². The van der Waals surface area contributed by atoms with Gasteiger partial charge in [0.1, 0.15) is 11.3 Å². The van der Waals surface area contributed by atoms with Crippen molar-refractivity contribution in [3.8, 4) is 0 Å². The molecule has 0 unspecified atom stereocenters. The molecule has 0 spiro atoms. The molecule has 0 radical (unpaired) electrons. The van der Waals surface area contributed by atoms with Crippen LogP contribution >= 0.6 is 0 Å². The van der Waals surface area contributed by atoms with E-state index in [0.29, 0.717) is 36.8 Å². The minimum absolute atomic E-state index is 0.131. The number of rotatable bonds is 7. The van der Waals surface area contributed by atoms with Gasteiger partial charge in [-0.25, -0.2) is 9.37 Å². The zero-order valence-corrected chi connectivity index (χ0v) is 11.4. The molecule has 0 saturated carbocycles. The highest BCUT2D eigenvalue weighted by atomic mass is 19.1. The second-order valence-electron chi connectivity index (χ2n) is 4.71. The normalized spacial score (nSPS) is 10.7. The number of carboxylic acid groups (broad SMARTS) is 1. The quantitative estimate of drug-likeness (QED) is 0.681. The molecule has 0 bridgehead atoms. The van der Waals surface area contributed by atoms with Crippen LogP contribution in [-0.2, 0) is 4.79 Å². The van der Waals surface area contributed by atoms with Gasteiger partial charge in [-0.15, -0.1) is 0 Å². The first kappa shape index (κ1) is 15.0. The van der Waals surface area contributed by atoms with Crippen LogP contribution in [-0.4, -0.2) is 33.5 Å². The Morgan fingerprint density at radius 3 is 2.86 bits per heavy atom. The van der Waals surface area contributed by atoms with Gasteiger partial charge in [-0.05, 0) is 25.0 Å². The van der Waals surface area contributed by atoms with E-state index < -0.39 is 11.8 Å². The highest BCUT2D eigenvalue weighted by molar-refractivity contribution is 6.04. The molecular weight excluding hydrogens is 277 g/mol. The molecule has 21 heavy (non-hydrogen) atoms. The standard InChI is InChI=1S/C14H16FN3O3/c15-9-6-10(13-11(7-9)17-8-18-13)14(21)16-5-3-1-2-4-12(19)20/h6-8H,1-5H2,(H,16,21)(H,17,18)(H,19,20). The van der Waals surface area contributed by atoms with E-state index in [4.69, 9.17) is 5.11 Å². The van der Waals surface area contributed by atoms with Gasteiger partial charge in [-0.3, -0.25) is 9.59 Å². The van der Waals surface area contributed by atoms with Gasteiger partial charge in [0.05, 0.1) is 17.4 Å². The van der Waals surface area contributed by atoms with E-state index in [1.807, 2.05) is 0 Å². The van der Waals surface area contributed by atoms with Crippen molar-refractivity contribution in [3.63, 3.8) is 0 Å². The number of carbonyl (C=O) groups excluding carboxylic acids is 1. The average molecular weight is 293 g/mol. The smallest absolute Gasteiger partial charge is 0.303 e. The van der Waals surface area contributed by atoms with Crippen LogP contribution in [0.4, 0.5) is 4.39 Å². The Morgan fingerprint density at radius 1 is 1.29 bits per heavy atom. The van der Waals surface area contributed by atoms with Crippen LogP contribution in [0.5, 0.6) is 0 Å². The van der Waals surface area contributed by atoms with Crippen LogP contribution in [0.1, 0.15) is 36.0 Å². The Kier molecular flexibility index (Phi) is 4.86. The monoisotopic (exact) mass is 293 g/mol. The molecule has 2 aromatic rings. The molecule has 0 fully saturated rings. The lowest BCUT2D eigenvalue weighted by molar-refractivity contribution is -0.137. The summed E-state index contributed by atoms with van der Waals surface area (Å²) in [6, 6.07) is 2.44. The number of amides is 1. The molecule has 0 aliphatic carbocycles. The highest BCUT2D eigenvalue weighted by Gasteiger charge is 2.13. The maximum atomic E-state index is 13.4. The molecule has 112 valence electrons. The zero-order chi connectivity index (χ0) is 15.2. The molecule has 0 aliphatic rings. The molecule has 1 aromatic heterocycles. The molecule has 1 amide bonds. The van der Waals surface area contributed by atoms with E-state index in [0.717, 1.165) is 6.07 Å². The van der Waals surface area contributed by atoms with Gasteiger partial charge < -0.3 is 15.4 Å². The van der Waals surface area contributed by atoms with E-state index in [1.165, 1.54) is 12.4 Å². The highest BCUT2D eigenvalue weighted by Crippen LogP contribution is 2.17. The van der Waals surface area contributed by atoms with Gasteiger partial charge in [0.25, 0.3) is 5.91 Å². The second-order valence-corrected chi connectivity index (χ2v) is 4.71. The first-order valence-electron chi connectivity index (χ1n) is 6.70. The maximum Gasteiger partial charge on any atom is 0.303 e. The number of fused-ring (bicyclic) bond motifs is 1. The minimum Gasteiger partial charge on any atom is -0.481 e. The van der Waals surface area contributed by atoms with Gasteiger partial charge in [0, 0.05) is 13.0 Å². The summed E-state index contributed by atoms with van der Waals surface area (Å²) in [7, 11) is 0. The fraction of sp³-hybridized carbons (Fsp3) is 0.357. The summed E-state index contributed by atoms with van der Waals surface area (Å²) < 4.78 is 13.4. The zero-order valence-electron chi connectivity index (χ0n) is 11.4. The summed E-state index contributed by atoms with van der Waals surface area (Å²) in [6.45, 7) is 0.418. The summed E-state index contributed by atoms with van der Waals surface area (Å²) >= 11 is 0.